The minimum atomic E-state index is 0.0931. The Morgan fingerprint density at radius 1 is 1.55 bits per heavy atom. The van der Waals surface area contributed by atoms with E-state index in [4.69, 9.17) is 0 Å². The Balaban J connectivity index is 2.92. The zero-order valence-corrected chi connectivity index (χ0v) is 7.44. The fourth-order valence-corrected chi connectivity index (χ4v) is 1.41. The van der Waals surface area contributed by atoms with Crippen molar-refractivity contribution >= 4 is 17.3 Å². The molecule has 4 heteroatoms. The first kappa shape index (κ1) is 8.33. The molecule has 1 aromatic heterocycles. The summed E-state index contributed by atoms with van der Waals surface area (Å²) in [5.41, 5.74) is 0.569. The molecule has 0 saturated carbocycles. The van der Waals surface area contributed by atoms with Crippen LogP contribution in [0.4, 0.5) is 0 Å². The molecule has 1 heterocycles. The second-order valence-electron chi connectivity index (χ2n) is 2.18. The molecule has 0 radical (unpaired) electrons. The van der Waals surface area contributed by atoms with Gasteiger partial charge in [-0.25, -0.2) is 0 Å². The van der Waals surface area contributed by atoms with Gasteiger partial charge in [-0.3, -0.25) is 4.79 Å². The van der Waals surface area contributed by atoms with Crippen molar-refractivity contribution in [2.24, 2.45) is 0 Å². The van der Waals surface area contributed by atoms with E-state index in [-0.39, 0.29) is 5.78 Å². The van der Waals surface area contributed by atoms with E-state index in [9.17, 15) is 4.79 Å². The zero-order valence-electron chi connectivity index (χ0n) is 6.63. The first-order valence-corrected chi connectivity index (χ1v) is 4.41. The largest absolute Gasteiger partial charge is 0.292 e. The lowest BCUT2D eigenvalue weighted by molar-refractivity contribution is 0.0982. The van der Waals surface area contributed by atoms with E-state index in [1.54, 1.807) is 0 Å². The lowest BCUT2D eigenvalue weighted by Crippen LogP contribution is -2.00. The van der Waals surface area contributed by atoms with E-state index in [0.717, 1.165) is 11.3 Å². The minimum Gasteiger partial charge on any atom is -0.292 e. The summed E-state index contributed by atoms with van der Waals surface area (Å²) in [6.45, 7) is 3.84. The molecule has 0 unspecified atom stereocenters. The number of hydrogen-bond donors (Lipinski definition) is 0. The second-order valence-corrected chi connectivity index (χ2v) is 3.01. The normalized spacial score (nSPS) is 10.0. The van der Waals surface area contributed by atoms with E-state index in [0.29, 0.717) is 12.1 Å². The van der Waals surface area contributed by atoms with E-state index < -0.39 is 0 Å². The van der Waals surface area contributed by atoms with Gasteiger partial charge in [0.25, 0.3) is 0 Å². The van der Waals surface area contributed by atoms with Crippen LogP contribution in [0.5, 0.6) is 0 Å². The van der Waals surface area contributed by atoms with Gasteiger partial charge in [0.2, 0.25) is 0 Å². The number of rotatable bonds is 3. The number of aryl methyl sites for hydroxylation is 1. The number of nitrogens with zero attached hydrogens (tertiary/aromatic N) is 2. The SMILES string of the molecule is CCC(=O)c1nnsc1CC. The highest BCUT2D eigenvalue weighted by atomic mass is 32.1. The maximum atomic E-state index is 11.2. The van der Waals surface area contributed by atoms with Crippen molar-refractivity contribution in [1.82, 2.24) is 9.59 Å². The fourth-order valence-electron chi connectivity index (χ4n) is 0.820. The van der Waals surface area contributed by atoms with Crippen LogP contribution in [0.3, 0.4) is 0 Å². The Kier molecular flexibility index (Phi) is 2.70. The fraction of sp³-hybridized carbons (Fsp3) is 0.571. The molecular formula is C7H10N2OS. The predicted molar refractivity (Wildman–Crippen MR) is 43.9 cm³/mol. The van der Waals surface area contributed by atoms with E-state index in [1.807, 2.05) is 13.8 Å². The topological polar surface area (TPSA) is 42.9 Å². The molecule has 0 aromatic carbocycles. The molecule has 11 heavy (non-hydrogen) atoms. The van der Waals surface area contributed by atoms with Crippen molar-refractivity contribution in [3.63, 3.8) is 0 Å². The summed E-state index contributed by atoms with van der Waals surface area (Å²) in [5.74, 6) is 0.0931. The molecule has 0 N–H and O–H groups in total. The summed E-state index contributed by atoms with van der Waals surface area (Å²) in [5, 5.41) is 3.78. The van der Waals surface area contributed by atoms with E-state index >= 15 is 0 Å². The monoisotopic (exact) mass is 170 g/mol. The average Bonchev–Trinajstić information content (AvgIpc) is 2.50. The number of aromatic nitrogens is 2. The Bertz CT molecular complexity index is 257. The van der Waals surface area contributed by atoms with Gasteiger partial charge in [0.05, 0.1) is 4.88 Å². The average molecular weight is 170 g/mol. The third-order valence-corrected chi connectivity index (χ3v) is 2.33. The molecule has 1 aromatic rings. The molecule has 3 nitrogen and oxygen atoms in total. The summed E-state index contributed by atoms with van der Waals surface area (Å²) in [6, 6.07) is 0. The Labute approximate surface area is 69.6 Å². The molecule has 0 spiro atoms. The van der Waals surface area contributed by atoms with Crippen LogP contribution in [0, 0.1) is 0 Å². The molecule has 0 atom stereocenters. The highest BCUT2D eigenvalue weighted by Gasteiger charge is 2.12. The van der Waals surface area contributed by atoms with Gasteiger partial charge >= 0.3 is 0 Å². The molecule has 0 amide bonds. The molecule has 0 aliphatic heterocycles. The highest BCUT2D eigenvalue weighted by Crippen LogP contribution is 2.12. The standard InChI is InChI=1S/C7H10N2OS/c1-3-5(10)7-6(4-2)11-9-8-7/h3-4H2,1-2H3. The van der Waals surface area contributed by atoms with Crippen LogP contribution in [-0.2, 0) is 6.42 Å². The maximum absolute atomic E-state index is 11.2. The molecule has 0 saturated heterocycles. The number of carbonyl (C=O) groups excluding carboxylic acids is 1. The van der Waals surface area contributed by atoms with Crippen LogP contribution in [0.15, 0.2) is 0 Å². The zero-order chi connectivity index (χ0) is 8.27. The molecule has 1 rings (SSSR count). The molecule has 0 aliphatic rings. The molecule has 0 aliphatic carbocycles. The summed E-state index contributed by atoms with van der Waals surface area (Å²) in [4.78, 5) is 12.2. The molecule has 0 fully saturated rings. The highest BCUT2D eigenvalue weighted by molar-refractivity contribution is 7.05. The van der Waals surface area contributed by atoms with Crippen molar-refractivity contribution in [2.75, 3.05) is 0 Å². The maximum Gasteiger partial charge on any atom is 0.184 e. The van der Waals surface area contributed by atoms with Crippen molar-refractivity contribution < 1.29 is 4.79 Å². The van der Waals surface area contributed by atoms with Crippen LogP contribution >= 0.6 is 11.5 Å². The van der Waals surface area contributed by atoms with Crippen molar-refractivity contribution in [1.29, 1.82) is 0 Å². The van der Waals surface area contributed by atoms with Gasteiger partial charge in [0, 0.05) is 6.42 Å². The minimum absolute atomic E-state index is 0.0931. The van der Waals surface area contributed by atoms with Gasteiger partial charge in [0.1, 0.15) is 5.69 Å². The van der Waals surface area contributed by atoms with Crippen LogP contribution < -0.4 is 0 Å². The van der Waals surface area contributed by atoms with E-state index in [1.165, 1.54) is 11.5 Å². The van der Waals surface area contributed by atoms with Gasteiger partial charge in [-0.15, -0.1) is 5.10 Å². The first-order chi connectivity index (χ1) is 5.29. The van der Waals surface area contributed by atoms with Gasteiger partial charge in [-0.05, 0) is 18.0 Å². The molecule has 60 valence electrons. The number of carbonyl (C=O) groups is 1. The van der Waals surface area contributed by atoms with Crippen LogP contribution in [-0.4, -0.2) is 15.4 Å². The Hall–Kier alpha value is -0.770. The predicted octanol–water partition coefficient (Wildman–Crippen LogP) is 1.69. The first-order valence-electron chi connectivity index (χ1n) is 3.64. The third-order valence-electron chi connectivity index (χ3n) is 1.46. The smallest absolute Gasteiger partial charge is 0.184 e. The van der Waals surface area contributed by atoms with Crippen molar-refractivity contribution in [3.05, 3.63) is 10.6 Å². The Morgan fingerprint density at radius 2 is 2.27 bits per heavy atom. The van der Waals surface area contributed by atoms with Gasteiger partial charge in [0.15, 0.2) is 5.78 Å². The van der Waals surface area contributed by atoms with Gasteiger partial charge in [-0.1, -0.05) is 18.3 Å². The number of ketones is 1. The summed E-state index contributed by atoms with van der Waals surface area (Å²) >= 11 is 1.31. The quantitative estimate of drug-likeness (QED) is 0.648. The van der Waals surface area contributed by atoms with Gasteiger partial charge in [-0.2, -0.15) is 0 Å². The van der Waals surface area contributed by atoms with Crippen molar-refractivity contribution in [2.45, 2.75) is 26.7 Å². The van der Waals surface area contributed by atoms with Crippen LogP contribution in [0.25, 0.3) is 0 Å². The molecular weight excluding hydrogens is 160 g/mol. The van der Waals surface area contributed by atoms with Crippen molar-refractivity contribution in [3.8, 4) is 0 Å². The number of hydrogen-bond acceptors (Lipinski definition) is 4. The van der Waals surface area contributed by atoms with Gasteiger partial charge < -0.3 is 0 Å². The van der Waals surface area contributed by atoms with E-state index in [2.05, 4.69) is 9.59 Å². The number of Topliss-reactive ketones (excluding diaryl/α,β-unsaturated/α-hetero) is 1. The van der Waals surface area contributed by atoms with Crippen LogP contribution in [0.2, 0.25) is 0 Å². The summed E-state index contributed by atoms with van der Waals surface area (Å²) in [6.07, 6.45) is 1.36. The second kappa shape index (κ2) is 3.57. The summed E-state index contributed by atoms with van der Waals surface area (Å²) in [7, 11) is 0. The lowest BCUT2D eigenvalue weighted by Gasteiger charge is -1.92. The Morgan fingerprint density at radius 3 is 2.82 bits per heavy atom. The van der Waals surface area contributed by atoms with Crippen LogP contribution in [0.1, 0.15) is 35.6 Å². The third kappa shape index (κ3) is 1.63. The molecule has 0 bridgehead atoms. The summed E-state index contributed by atoms with van der Waals surface area (Å²) < 4.78 is 3.73. The lowest BCUT2D eigenvalue weighted by atomic mass is 10.2.